The van der Waals surface area contributed by atoms with Crippen LogP contribution in [-0.4, -0.2) is 37.4 Å². The van der Waals surface area contributed by atoms with Crippen molar-refractivity contribution in [2.75, 3.05) is 18.9 Å². The monoisotopic (exact) mass is 342 g/mol. The van der Waals surface area contributed by atoms with E-state index in [9.17, 15) is 18.6 Å². The zero-order valence-electron chi connectivity index (χ0n) is 10.7. The van der Waals surface area contributed by atoms with Gasteiger partial charge in [0.05, 0.1) is 28.8 Å². The molecule has 20 heavy (non-hydrogen) atoms. The van der Waals surface area contributed by atoms with Gasteiger partial charge in [-0.1, -0.05) is 30.1 Å². The highest BCUT2D eigenvalue weighted by Gasteiger charge is 2.34. The number of nitrogen functional groups attached to an aromatic ring is 1. The predicted molar refractivity (Wildman–Crippen MR) is 78.4 cm³/mol. The van der Waals surface area contributed by atoms with Crippen molar-refractivity contribution in [3.63, 3.8) is 0 Å². The lowest BCUT2D eigenvalue weighted by molar-refractivity contribution is 0.105. The Morgan fingerprint density at radius 3 is 2.05 bits per heavy atom. The van der Waals surface area contributed by atoms with Crippen molar-refractivity contribution in [2.24, 2.45) is 0 Å². The molecule has 0 heterocycles. The zero-order valence-corrected chi connectivity index (χ0v) is 13.1. The van der Waals surface area contributed by atoms with Crippen LogP contribution in [0.25, 0.3) is 0 Å². The van der Waals surface area contributed by atoms with Crippen molar-refractivity contribution >= 4 is 38.9 Å². The third-order valence-corrected chi connectivity index (χ3v) is 5.42. The number of hydrogen-bond donors (Lipinski definition) is 4. The third kappa shape index (κ3) is 3.55. The highest BCUT2D eigenvalue weighted by atomic mass is 35.5. The van der Waals surface area contributed by atoms with Gasteiger partial charge in [0, 0.05) is 5.69 Å². The van der Waals surface area contributed by atoms with Gasteiger partial charge in [0.1, 0.15) is 4.90 Å². The van der Waals surface area contributed by atoms with Crippen LogP contribution in [0, 0.1) is 0 Å². The fraction of sp³-hybridized carbons (Fsp3) is 0.455. The molecule has 5 N–H and O–H groups in total. The summed E-state index contributed by atoms with van der Waals surface area (Å²) in [4.78, 5) is -0.338. The molecule has 0 saturated carbocycles. The van der Waals surface area contributed by atoms with Crippen molar-refractivity contribution < 1.29 is 18.6 Å². The van der Waals surface area contributed by atoms with Gasteiger partial charge in [0.2, 0.25) is 10.0 Å². The zero-order chi connectivity index (χ0) is 15.6. The highest BCUT2D eigenvalue weighted by Crippen LogP contribution is 2.32. The summed E-state index contributed by atoms with van der Waals surface area (Å²) in [5, 5.41) is 18.3. The molecule has 0 amide bonds. The number of sulfonamides is 1. The molecular formula is C11H16Cl2N2O4S. The number of halogens is 2. The first-order chi connectivity index (χ1) is 9.21. The predicted octanol–water partition coefficient (Wildman–Crippen LogP) is 0.987. The van der Waals surface area contributed by atoms with Crippen LogP contribution in [0.3, 0.4) is 0 Å². The average molecular weight is 343 g/mol. The van der Waals surface area contributed by atoms with E-state index in [1.165, 1.54) is 12.1 Å². The van der Waals surface area contributed by atoms with E-state index >= 15 is 0 Å². The maximum absolute atomic E-state index is 12.3. The number of nitrogens with one attached hydrogen (secondary N) is 1. The Labute approximate surface area is 127 Å². The minimum atomic E-state index is -4.12. The minimum absolute atomic E-state index is 0.136. The van der Waals surface area contributed by atoms with Crippen molar-refractivity contribution in [1.82, 2.24) is 4.72 Å². The number of nitrogens with two attached hydrogens (primary N) is 1. The van der Waals surface area contributed by atoms with Gasteiger partial charge >= 0.3 is 0 Å². The van der Waals surface area contributed by atoms with Crippen molar-refractivity contribution in [3.05, 3.63) is 22.2 Å². The minimum Gasteiger partial charge on any atom is -0.399 e. The van der Waals surface area contributed by atoms with Gasteiger partial charge in [-0.15, -0.1) is 0 Å². The Balaban J connectivity index is 3.32. The molecule has 0 aliphatic carbocycles. The smallest absolute Gasteiger partial charge is 0.244 e. The molecular weight excluding hydrogens is 327 g/mol. The van der Waals surface area contributed by atoms with E-state index in [1.807, 2.05) is 0 Å². The number of anilines is 1. The number of rotatable bonds is 6. The second-order valence-electron chi connectivity index (χ2n) is 4.37. The Morgan fingerprint density at radius 2 is 1.70 bits per heavy atom. The first kappa shape index (κ1) is 17.5. The average Bonchev–Trinajstić information content (AvgIpc) is 2.34. The van der Waals surface area contributed by atoms with Gasteiger partial charge in [-0.05, 0) is 18.6 Å². The van der Waals surface area contributed by atoms with E-state index in [-0.39, 0.29) is 27.0 Å². The van der Waals surface area contributed by atoms with Gasteiger partial charge in [0.25, 0.3) is 0 Å². The summed E-state index contributed by atoms with van der Waals surface area (Å²) in [7, 11) is -4.12. The molecule has 1 aromatic rings. The van der Waals surface area contributed by atoms with Gasteiger partial charge in [-0.25, -0.2) is 13.1 Å². The largest absolute Gasteiger partial charge is 0.399 e. The van der Waals surface area contributed by atoms with Crippen molar-refractivity contribution in [3.8, 4) is 0 Å². The van der Waals surface area contributed by atoms with Crippen LogP contribution in [0.5, 0.6) is 0 Å². The van der Waals surface area contributed by atoms with Crippen LogP contribution >= 0.6 is 23.2 Å². The van der Waals surface area contributed by atoms with Crippen molar-refractivity contribution in [1.29, 1.82) is 0 Å². The van der Waals surface area contributed by atoms with Gasteiger partial charge < -0.3 is 15.9 Å². The van der Waals surface area contributed by atoms with E-state index in [1.54, 1.807) is 6.92 Å². The van der Waals surface area contributed by atoms with Gasteiger partial charge in [-0.3, -0.25) is 0 Å². The van der Waals surface area contributed by atoms with E-state index in [2.05, 4.69) is 4.72 Å². The Morgan fingerprint density at radius 1 is 1.25 bits per heavy atom. The molecule has 6 nitrogen and oxygen atoms in total. The summed E-state index contributed by atoms with van der Waals surface area (Å²) in [6.07, 6.45) is 0.184. The maximum Gasteiger partial charge on any atom is 0.244 e. The second kappa shape index (κ2) is 6.46. The summed E-state index contributed by atoms with van der Waals surface area (Å²) in [5.41, 5.74) is 4.36. The number of hydrogen-bond acceptors (Lipinski definition) is 5. The van der Waals surface area contributed by atoms with Crippen LogP contribution in [0.15, 0.2) is 17.0 Å². The van der Waals surface area contributed by atoms with E-state index in [0.29, 0.717) is 0 Å². The SMILES string of the molecule is CCC(CO)(CO)NS(=O)(=O)c1c(Cl)cc(N)cc1Cl. The fourth-order valence-electron chi connectivity index (χ4n) is 1.58. The van der Waals surface area contributed by atoms with E-state index < -0.39 is 28.8 Å². The van der Waals surface area contributed by atoms with Crippen LogP contribution in [0.1, 0.15) is 13.3 Å². The summed E-state index contributed by atoms with van der Waals surface area (Å²) in [5.74, 6) is 0. The van der Waals surface area contributed by atoms with Crippen LogP contribution < -0.4 is 10.5 Å². The molecule has 1 aromatic carbocycles. The number of aliphatic hydroxyl groups excluding tert-OH is 2. The van der Waals surface area contributed by atoms with E-state index in [4.69, 9.17) is 28.9 Å². The fourth-order valence-corrected chi connectivity index (χ4v) is 4.27. The molecule has 0 aliphatic rings. The van der Waals surface area contributed by atoms with Gasteiger partial charge in [0.15, 0.2) is 0 Å². The Bertz CT molecular complexity index is 557. The summed E-state index contributed by atoms with van der Waals surface area (Å²) in [6, 6.07) is 2.51. The summed E-state index contributed by atoms with van der Waals surface area (Å²) < 4.78 is 26.9. The maximum atomic E-state index is 12.3. The highest BCUT2D eigenvalue weighted by molar-refractivity contribution is 7.89. The molecule has 0 aliphatic heterocycles. The van der Waals surface area contributed by atoms with Gasteiger partial charge in [-0.2, -0.15) is 0 Å². The number of benzene rings is 1. The molecule has 0 unspecified atom stereocenters. The quantitative estimate of drug-likeness (QED) is 0.576. The lowest BCUT2D eigenvalue weighted by Crippen LogP contribution is -2.53. The molecule has 0 radical (unpaired) electrons. The number of aliphatic hydroxyl groups is 2. The normalized spacial score (nSPS) is 12.7. The van der Waals surface area contributed by atoms with Crippen LogP contribution in [0.2, 0.25) is 10.0 Å². The molecule has 0 spiro atoms. The first-order valence-corrected chi connectivity index (χ1v) is 7.95. The van der Waals surface area contributed by atoms with Crippen LogP contribution in [-0.2, 0) is 10.0 Å². The molecule has 0 aromatic heterocycles. The summed E-state index contributed by atoms with van der Waals surface area (Å²) in [6.45, 7) is 0.494. The molecule has 1 rings (SSSR count). The molecule has 0 saturated heterocycles. The molecule has 0 fully saturated rings. The third-order valence-electron chi connectivity index (χ3n) is 2.92. The topological polar surface area (TPSA) is 113 Å². The molecule has 0 atom stereocenters. The molecule has 0 bridgehead atoms. The molecule has 9 heteroatoms. The first-order valence-electron chi connectivity index (χ1n) is 5.71. The van der Waals surface area contributed by atoms with Crippen molar-refractivity contribution in [2.45, 2.75) is 23.8 Å². The molecule has 114 valence electrons. The van der Waals surface area contributed by atoms with Crippen LogP contribution in [0.4, 0.5) is 5.69 Å². The lowest BCUT2D eigenvalue weighted by Gasteiger charge is -2.29. The second-order valence-corrected chi connectivity index (χ2v) is 6.80. The summed E-state index contributed by atoms with van der Waals surface area (Å²) >= 11 is 11.7. The van der Waals surface area contributed by atoms with E-state index in [0.717, 1.165) is 0 Å². The Kier molecular flexibility index (Phi) is 5.65. The standard InChI is InChI=1S/C11H16Cl2N2O4S/c1-2-11(5-16,6-17)15-20(18,19)10-8(12)3-7(14)4-9(10)13/h3-4,15-17H,2,5-6,14H2,1H3. The lowest BCUT2D eigenvalue weighted by atomic mass is 10.0. The Hall–Kier alpha value is -0.570.